The average molecular weight is 208 g/mol. The van der Waals surface area contributed by atoms with Crippen molar-refractivity contribution in [2.75, 3.05) is 19.8 Å². The number of morpholine rings is 1. The lowest BCUT2D eigenvalue weighted by atomic mass is 10.4. The molecule has 0 saturated carbocycles. The minimum Gasteiger partial charge on any atom is -0.377 e. The Labute approximate surface area is 78.9 Å². The van der Waals surface area contributed by atoms with Gasteiger partial charge in [0, 0.05) is 6.54 Å². The molecule has 1 saturated heterocycles. The van der Waals surface area contributed by atoms with Gasteiger partial charge in [-0.1, -0.05) is 0 Å². The van der Waals surface area contributed by atoms with Gasteiger partial charge in [-0.15, -0.1) is 0 Å². The lowest BCUT2D eigenvalue weighted by molar-refractivity contribution is 0.0347. The summed E-state index contributed by atoms with van der Waals surface area (Å²) in [6, 6.07) is 0. The van der Waals surface area contributed by atoms with Gasteiger partial charge in [0.1, 0.15) is 0 Å². The minimum absolute atomic E-state index is 0.284. The van der Waals surface area contributed by atoms with E-state index in [9.17, 15) is 8.42 Å². The average Bonchev–Trinajstić information content (AvgIpc) is 2.04. The number of hydrogen-bond acceptors (Lipinski definition) is 4. The topological polar surface area (TPSA) is 72.6 Å². The van der Waals surface area contributed by atoms with Crippen molar-refractivity contribution in [3.63, 3.8) is 0 Å². The fourth-order valence-corrected chi connectivity index (χ4v) is 2.50. The molecule has 6 heteroatoms. The van der Waals surface area contributed by atoms with Crippen LogP contribution in [0.2, 0.25) is 0 Å². The summed E-state index contributed by atoms with van der Waals surface area (Å²) in [6.45, 7) is 4.38. The zero-order chi connectivity index (χ0) is 10.1. The van der Waals surface area contributed by atoms with Gasteiger partial charge in [0.2, 0.25) is 10.0 Å². The molecule has 1 atom stereocenters. The lowest BCUT2D eigenvalue weighted by Gasteiger charge is -2.33. The van der Waals surface area contributed by atoms with Crippen LogP contribution < -0.4 is 5.73 Å². The SMILES string of the molecule is CC(C)S(=O)(=O)N1CCOCC1N. The van der Waals surface area contributed by atoms with Crippen LogP contribution in [-0.2, 0) is 14.8 Å². The van der Waals surface area contributed by atoms with Crippen molar-refractivity contribution in [2.24, 2.45) is 5.73 Å². The predicted molar refractivity (Wildman–Crippen MR) is 49.6 cm³/mol. The molecule has 13 heavy (non-hydrogen) atoms. The highest BCUT2D eigenvalue weighted by Gasteiger charge is 2.32. The first kappa shape index (κ1) is 10.9. The van der Waals surface area contributed by atoms with Gasteiger partial charge < -0.3 is 10.5 Å². The van der Waals surface area contributed by atoms with Gasteiger partial charge in [-0.3, -0.25) is 0 Å². The lowest BCUT2D eigenvalue weighted by Crippen LogP contribution is -2.54. The van der Waals surface area contributed by atoms with E-state index in [1.165, 1.54) is 4.31 Å². The molecule has 1 heterocycles. The van der Waals surface area contributed by atoms with Crippen molar-refractivity contribution in [1.82, 2.24) is 4.31 Å². The smallest absolute Gasteiger partial charge is 0.217 e. The van der Waals surface area contributed by atoms with Gasteiger partial charge in [-0.25, -0.2) is 8.42 Å². The second-order valence-corrected chi connectivity index (χ2v) is 5.79. The van der Waals surface area contributed by atoms with E-state index in [0.29, 0.717) is 13.2 Å². The Morgan fingerprint density at radius 3 is 2.62 bits per heavy atom. The number of nitrogens with two attached hydrogens (primary N) is 1. The number of ether oxygens (including phenoxy) is 1. The van der Waals surface area contributed by atoms with Crippen LogP contribution in [-0.4, -0.2) is 43.9 Å². The molecular formula is C7H16N2O3S. The third-order valence-corrected chi connectivity index (χ3v) is 4.34. The van der Waals surface area contributed by atoms with Crippen molar-refractivity contribution in [2.45, 2.75) is 25.3 Å². The van der Waals surface area contributed by atoms with Gasteiger partial charge in [-0.2, -0.15) is 4.31 Å². The maximum atomic E-state index is 11.7. The fourth-order valence-electron chi connectivity index (χ4n) is 1.19. The first-order chi connectivity index (χ1) is 5.96. The quantitative estimate of drug-likeness (QED) is 0.654. The molecule has 1 rings (SSSR count). The monoisotopic (exact) mass is 208 g/mol. The van der Waals surface area contributed by atoms with Crippen molar-refractivity contribution >= 4 is 10.0 Å². The Morgan fingerprint density at radius 1 is 1.54 bits per heavy atom. The molecule has 5 nitrogen and oxygen atoms in total. The van der Waals surface area contributed by atoms with Crippen LogP contribution in [0.4, 0.5) is 0 Å². The fraction of sp³-hybridized carbons (Fsp3) is 1.00. The standard InChI is InChI=1S/C7H16N2O3S/c1-6(2)13(10,11)9-3-4-12-5-7(9)8/h6-7H,3-5,8H2,1-2H3. The predicted octanol–water partition coefficient (Wildman–Crippen LogP) is -0.658. The second kappa shape index (κ2) is 3.91. The Bertz CT molecular complexity index is 263. The Hall–Kier alpha value is -0.170. The highest BCUT2D eigenvalue weighted by atomic mass is 32.2. The van der Waals surface area contributed by atoms with E-state index in [1.54, 1.807) is 13.8 Å². The molecule has 0 radical (unpaired) electrons. The number of nitrogens with zero attached hydrogens (tertiary/aromatic N) is 1. The molecule has 0 aliphatic carbocycles. The van der Waals surface area contributed by atoms with Crippen molar-refractivity contribution < 1.29 is 13.2 Å². The largest absolute Gasteiger partial charge is 0.377 e. The molecule has 0 aromatic carbocycles. The van der Waals surface area contributed by atoms with E-state index < -0.39 is 21.4 Å². The number of sulfonamides is 1. The summed E-state index contributed by atoms with van der Waals surface area (Å²) in [4.78, 5) is 0. The highest BCUT2D eigenvalue weighted by molar-refractivity contribution is 7.89. The normalized spacial score (nSPS) is 26.6. The van der Waals surface area contributed by atoms with E-state index in [4.69, 9.17) is 10.5 Å². The van der Waals surface area contributed by atoms with Crippen LogP contribution >= 0.6 is 0 Å². The van der Waals surface area contributed by atoms with Crippen LogP contribution in [0.5, 0.6) is 0 Å². The zero-order valence-electron chi connectivity index (χ0n) is 7.93. The van der Waals surface area contributed by atoms with Crippen molar-refractivity contribution in [3.8, 4) is 0 Å². The summed E-state index contributed by atoms with van der Waals surface area (Å²) in [5, 5.41) is -0.420. The molecule has 0 aromatic rings. The Kier molecular flexibility index (Phi) is 3.28. The van der Waals surface area contributed by atoms with E-state index in [2.05, 4.69) is 0 Å². The van der Waals surface area contributed by atoms with Crippen molar-refractivity contribution in [3.05, 3.63) is 0 Å². The third kappa shape index (κ3) is 2.19. The van der Waals surface area contributed by atoms with Gasteiger partial charge in [0.15, 0.2) is 0 Å². The Morgan fingerprint density at radius 2 is 2.15 bits per heavy atom. The number of rotatable bonds is 2. The van der Waals surface area contributed by atoms with Gasteiger partial charge in [0.05, 0.1) is 24.6 Å². The zero-order valence-corrected chi connectivity index (χ0v) is 8.75. The third-order valence-electron chi connectivity index (χ3n) is 2.04. The number of hydrogen-bond donors (Lipinski definition) is 1. The first-order valence-electron chi connectivity index (χ1n) is 4.30. The molecule has 1 aliphatic heterocycles. The van der Waals surface area contributed by atoms with Crippen LogP contribution in [0.25, 0.3) is 0 Å². The van der Waals surface area contributed by atoms with Gasteiger partial charge >= 0.3 is 0 Å². The van der Waals surface area contributed by atoms with Crippen LogP contribution in [0, 0.1) is 0 Å². The molecular weight excluding hydrogens is 192 g/mol. The maximum absolute atomic E-state index is 11.7. The minimum atomic E-state index is -3.22. The second-order valence-electron chi connectivity index (χ2n) is 3.35. The van der Waals surface area contributed by atoms with E-state index in [1.807, 2.05) is 0 Å². The first-order valence-corrected chi connectivity index (χ1v) is 5.80. The summed E-state index contributed by atoms with van der Waals surface area (Å²) in [5.41, 5.74) is 5.62. The molecule has 0 amide bonds. The van der Waals surface area contributed by atoms with Crippen LogP contribution in [0.3, 0.4) is 0 Å². The van der Waals surface area contributed by atoms with Crippen LogP contribution in [0.1, 0.15) is 13.8 Å². The molecule has 1 unspecified atom stereocenters. The summed E-state index contributed by atoms with van der Waals surface area (Å²) < 4.78 is 29.7. The van der Waals surface area contributed by atoms with Crippen molar-refractivity contribution in [1.29, 1.82) is 0 Å². The summed E-state index contributed by atoms with van der Waals surface area (Å²) in [7, 11) is -3.22. The van der Waals surface area contributed by atoms with Gasteiger partial charge in [-0.05, 0) is 13.8 Å². The molecule has 0 aromatic heterocycles. The highest BCUT2D eigenvalue weighted by Crippen LogP contribution is 2.13. The maximum Gasteiger partial charge on any atom is 0.217 e. The summed E-state index contributed by atoms with van der Waals surface area (Å²) in [5.74, 6) is 0. The van der Waals surface area contributed by atoms with E-state index >= 15 is 0 Å². The molecule has 1 aliphatic rings. The summed E-state index contributed by atoms with van der Waals surface area (Å²) >= 11 is 0. The summed E-state index contributed by atoms with van der Waals surface area (Å²) in [6.07, 6.45) is -0.527. The molecule has 2 N–H and O–H groups in total. The van der Waals surface area contributed by atoms with Crippen LogP contribution in [0.15, 0.2) is 0 Å². The molecule has 1 fully saturated rings. The molecule has 0 spiro atoms. The van der Waals surface area contributed by atoms with E-state index in [0.717, 1.165) is 0 Å². The van der Waals surface area contributed by atoms with Gasteiger partial charge in [0.25, 0.3) is 0 Å². The molecule has 78 valence electrons. The molecule has 0 bridgehead atoms. The Balaban J connectivity index is 2.80. The van der Waals surface area contributed by atoms with E-state index in [-0.39, 0.29) is 6.61 Å².